The molecule has 0 spiro atoms. The summed E-state index contributed by atoms with van der Waals surface area (Å²) in [5, 5.41) is 3.69. The van der Waals surface area contributed by atoms with Gasteiger partial charge in [-0.25, -0.2) is 8.78 Å². The monoisotopic (exact) mass is 447 g/mol. The minimum Gasteiger partial charge on any atom is -0.312 e. The van der Waals surface area contributed by atoms with Crippen LogP contribution < -0.4 is 10.9 Å². The van der Waals surface area contributed by atoms with E-state index in [-0.39, 0.29) is 29.3 Å². The Morgan fingerprint density at radius 3 is 2.73 bits per heavy atom. The summed E-state index contributed by atoms with van der Waals surface area (Å²) in [5.41, 5.74) is 0.595. The quantitative estimate of drug-likeness (QED) is 0.473. The van der Waals surface area contributed by atoms with Crippen molar-refractivity contribution in [2.45, 2.75) is 23.2 Å². The predicted molar refractivity (Wildman–Crippen MR) is 112 cm³/mol. The van der Waals surface area contributed by atoms with Crippen LogP contribution in [0, 0.1) is 11.6 Å². The summed E-state index contributed by atoms with van der Waals surface area (Å²) < 4.78 is 29.3. The highest BCUT2D eigenvalue weighted by atomic mass is 35.5. The Bertz CT molecular complexity index is 1220. The van der Waals surface area contributed by atoms with E-state index in [0.29, 0.717) is 15.9 Å². The maximum absolute atomic E-state index is 14.4. The summed E-state index contributed by atoms with van der Waals surface area (Å²) in [6.45, 7) is 0. The van der Waals surface area contributed by atoms with E-state index in [1.54, 1.807) is 17.7 Å². The zero-order chi connectivity index (χ0) is 21.4. The Morgan fingerprint density at radius 1 is 1.23 bits per heavy atom. The highest BCUT2D eigenvalue weighted by Crippen LogP contribution is 2.37. The number of aromatic nitrogens is 2. The third-order valence-corrected chi connectivity index (χ3v) is 6.40. The molecule has 0 saturated carbocycles. The topological polar surface area (TPSA) is 64.0 Å². The van der Waals surface area contributed by atoms with Gasteiger partial charge in [0.15, 0.2) is 5.16 Å². The van der Waals surface area contributed by atoms with Crippen LogP contribution in [0.1, 0.15) is 29.0 Å². The first-order valence-electron chi connectivity index (χ1n) is 9.07. The maximum atomic E-state index is 14.4. The standard InChI is InChI=1S/C21H16ClF2N3O2S/c1-27-19-18(14(9-17(28)25-19)13-7-6-12(23)8-16(13)24)20(29)26-21(27)30-10-11-4-2-3-5-15(11)22/h2-8,14H,9-10H2,1H3,(H,25,28)/t14-/m0/s1. The normalized spacial score (nSPS) is 15.6. The lowest BCUT2D eigenvalue weighted by molar-refractivity contribution is -0.116. The molecule has 1 atom stereocenters. The van der Waals surface area contributed by atoms with Crippen molar-refractivity contribution in [2.75, 3.05) is 5.32 Å². The molecule has 1 amide bonds. The van der Waals surface area contributed by atoms with Gasteiger partial charge in [0.05, 0.1) is 5.56 Å². The summed E-state index contributed by atoms with van der Waals surface area (Å²) in [7, 11) is 1.67. The molecule has 1 N–H and O–H groups in total. The molecule has 0 bridgehead atoms. The number of carbonyl (C=O) groups is 1. The number of hydrogen-bond donors (Lipinski definition) is 1. The van der Waals surface area contributed by atoms with Gasteiger partial charge in [-0.05, 0) is 23.3 Å². The van der Waals surface area contributed by atoms with Crippen LogP contribution in [0.2, 0.25) is 5.02 Å². The van der Waals surface area contributed by atoms with E-state index < -0.39 is 23.1 Å². The van der Waals surface area contributed by atoms with Crippen molar-refractivity contribution in [3.05, 3.63) is 86.2 Å². The van der Waals surface area contributed by atoms with Gasteiger partial charge in [-0.2, -0.15) is 4.98 Å². The maximum Gasteiger partial charge on any atom is 0.279 e. The fourth-order valence-electron chi connectivity index (χ4n) is 3.47. The molecule has 5 nitrogen and oxygen atoms in total. The number of rotatable bonds is 4. The molecule has 2 heterocycles. The minimum atomic E-state index is -0.844. The van der Waals surface area contributed by atoms with Crippen LogP contribution in [-0.2, 0) is 17.6 Å². The zero-order valence-electron chi connectivity index (χ0n) is 15.8. The molecule has 1 aliphatic heterocycles. The van der Waals surface area contributed by atoms with Crippen LogP contribution in [0.25, 0.3) is 0 Å². The van der Waals surface area contributed by atoms with Crippen molar-refractivity contribution in [3.8, 4) is 0 Å². The second-order valence-electron chi connectivity index (χ2n) is 6.87. The van der Waals surface area contributed by atoms with Crippen LogP contribution in [0.3, 0.4) is 0 Å². The summed E-state index contributed by atoms with van der Waals surface area (Å²) in [5.74, 6) is -2.00. The van der Waals surface area contributed by atoms with Crippen LogP contribution >= 0.6 is 23.4 Å². The van der Waals surface area contributed by atoms with E-state index in [1.807, 2.05) is 18.2 Å². The number of nitrogens with one attached hydrogen (secondary N) is 1. The third-order valence-electron chi connectivity index (χ3n) is 4.95. The van der Waals surface area contributed by atoms with E-state index >= 15 is 0 Å². The van der Waals surface area contributed by atoms with Gasteiger partial charge in [0.2, 0.25) is 5.91 Å². The second kappa shape index (κ2) is 8.20. The number of benzene rings is 2. The highest BCUT2D eigenvalue weighted by Gasteiger charge is 2.33. The van der Waals surface area contributed by atoms with Crippen molar-refractivity contribution in [3.63, 3.8) is 0 Å². The Balaban J connectivity index is 1.75. The van der Waals surface area contributed by atoms with E-state index in [4.69, 9.17) is 11.6 Å². The number of hydrogen-bond acceptors (Lipinski definition) is 4. The molecule has 0 saturated heterocycles. The summed E-state index contributed by atoms with van der Waals surface area (Å²) in [4.78, 5) is 29.3. The molecule has 3 aromatic rings. The predicted octanol–water partition coefficient (Wildman–Crippen LogP) is 4.48. The van der Waals surface area contributed by atoms with Gasteiger partial charge >= 0.3 is 0 Å². The van der Waals surface area contributed by atoms with Crippen molar-refractivity contribution < 1.29 is 13.6 Å². The average Bonchev–Trinajstić information content (AvgIpc) is 2.70. The molecule has 0 radical (unpaired) electrons. The first-order valence-corrected chi connectivity index (χ1v) is 10.4. The molecule has 0 unspecified atom stereocenters. The first-order chi connectivity index (χ1) is 14.3. The van der Waals surface area contributed by atoms with E-state index in [2.05, 4.69) is 10.3 Å². The van der Waals surface area contributed by atoms with Crippen molar-refractivity contribution in [1.29, 1.82) is 0 Å². The lowest BCUT2D eigenvalue weighted by atomic mass is 9.86. The van der Waals surface area contributed by atoms with Crippen molar-refractivity contribution in [1.82, 2.24) is 9.55 Å². The Hall–Kier alpha value is -2.71. The van der Waals surface area contributed by atoms with Gasteiger partial charge < -0.3 is 9.88 Å². The number of anilines is 1. The lowest BCUT2D eigenvalue weighted by Gasteiger charge is -2.27. The first kappa shape index (κ1) is 20.6. The lowest BCUT2D eigenvalue weighted by Crippen LogP contribution is -2.33. The molecule has 154 valence electrons. The molecular formula is C21H16ClF2N3O2S. The molecule has 4 rings (SSSR count). The van der Waals surface area contributed by atoms with Gasteiger partial charge in [-0.15, -0.1) is 0 Å². The van der Waals surface area contributed by atoms with Gasteiger partial charge in [0.25, 0.3) is 5.56 Å². The molecule has 1 aliphatic rings. The van der Waals surface area contributed by atoms with E-state index in [1.165, 1.54) is 17.8 Å². The number of amides is 1. The molecule has 0 fully saturated rings. The molecule has 2 aromatic carbocycles. The summed E-state index contributed by atoms with van der Waals surface area (Å²) in [6, 6.07) is 10.5. The molecule has 1 aromatic heterocycles. The van der Waals surface area contributed by atoms with Crippen LogP contribution in [0.15, 0.2) is 52.4 Å². The SMILES string of the molecule is Cn1c(SCc2ccccc2Cl)nc(=O)c2c1NC(=O)C[C@H]2c1ccc(F)cc1F. The number of halogens is 3. The largest absolute Gasteiger partial charge is 0.312 e. The number of thioether (sulfide) groups is 1. The number of nitrogens with zero attached hydrogens (tertiary/aromatic N) is 2. The number of carbonyl (C=O) groups excluding carboxylic acids is 1. The van der Waals surface area contributed by atoms with Gasteiger partial charge in [-0.3, -0.25) is 9.59 Å². The van der Waals surface area contributed by atoms with E-state index in [9.17, 15) is 18.4 Å². The van der Waals surface area contributed by atoms with Crippen molar-refractivity contribution >= 4 is 35.1 Å². The van der Waals surface area contributed by atoms with Crippen LogP contribution in [-0.4, -0.2) is 15.5 Å². The summed E-state index contributed by atoms with van der Waals surface area (Å²) in [6.07, 6.45) is -0.126. The minimum absolute atomic E-state index is 0.0860. The molecule has 0 aliphatic carbocycles. The average molecular weight is 448 g/mol. The molecule has 30 heavy (non-hydrogen) atoms. The number of fused-ring (bicyclic) bond motifs is 1. The zero-order valence-corrected chi connectivity index (χ0v) is 17.4. The Morgan fingerprint density at radius 2 is 2.00 bits per heavy atom. The van der Waals surface area contributed by atoms with Gasteiger partial charge in [-0.1, -0.05) is 47.6 Å². The van der Waals surface area contributed by atoms with Crippen molar-refractivity contribution in [2.24, 2.45) is 7.05 Å². The second-order valence-corrected chi connectivity index (χ2v) is 8.22. The van der Waals surface area contributed by atoms with Crippen LogP contribution in [0.4, 0.5) is 14.6 Å². The molecular weight excluding hydrogens is 432 g/mol. The molecule has 9 heteroatoms. The summed E-state index contributed by atoms with van der Waals surface area (Å²) >= 11 is 7.48. The van der Waals surface area contributed by atoms with Gasteiger partial charge in [0.1, 0.15) is 17.5 Å². The Labute approximate surface area is 180 Å². The van der Waals surface area contributed by atoms with Crippen LogP contribution in [0.5, 0.6) is 0 Å². The Kier molecular flexibility index (Phi) is 5.62. The fraction of sp³-hybridized carbons (Fsp3) is 0.190. The third kappa shape index (κ3) is 3.85. The highest BCUT2D eigenvalue weighted by molar-refractivity contribution is 7.98. The van der Waals surface area contributed by atoms with Gasteiger partial charge in [0, 0.05) is 36.2 Å². The fourth-order valence-corrected chi connectivity index (χ4v) is 4.72. The smallest absolute Gasteiger partial charge is 0.279 e. The van der Waals surface area contributed by atoms with E-state index in [0.717, 1.165) is 17.7 Å².